The Bertz CT molecular complexity index is 676. The van der Waals surface area contributed by atoms with Crippen LogP contribution in [0.25, 0.3) is 11.4 Å². The highest BCUT2D eigenvalue weighted by Gasteiger charge is 2.17. The molecule has 0 bridgehead atoms. The molecule has 110 valence electrons. The first kappa shape index (κ1) is 14.3. The van der Waals surface area contributed by atoms with Gasteiger partial charge in [0.15, 0.2) is 17.4 Å². The monoisotopic (exact) mass is 306 g/mol. The van der Waals surface area contributed by atoms with Crippen LogP contribution in [0.15, 0.2) is 18.2 Å². The largest absolute Gasteiger partial charge is 0.494 e. The van der Waals surface area contributed by atoms with E-state index in [0.29, 0.717) is 16.5 Å². The van der Waals surface area contributed by atoms with Gasteiger partial charge in [0.05, 0.1) is 7.11 Å². The van der Waals surface area contributed by atoms with E-state index in [1.165, 1.54) is 19.6 Å². The van der Waals surface area contributed by atoms with Gasteiger partial charge in [0, 0.05) is 16.8 Å². The van der Waals surface area contributed by atoms with E-state index in [-0.39, 0.29) is 5.75 Å². The number of hydrogen-bond donors (Lipinski definition) is 0. The summed E-state index contributed by atoms with van der Waals surface area (Å²) in [5.74, 6) is 0.256. The molecule has 21 heavy (non-hydrogen) atoms. The zero-order valence-corrected chi connectivity index (χ0v) is 12.6. The highest BCUT2D eigenvalue weighted by molar-refractivity contribution is 6.30. The van der Waals surface area contributed by atoms with Gasteiger partial charge in [-0.25, -0.2) is 14.4 Å². The lowest BCUT2D eigenvalue weighted by atomic mass is 10.1. The molecule has 1 aliphatic rings. The molecule has 1 aromatic heterocycles. The van der Waals surface area contributed by atoms with Gasteiger partial charge in [0.25, 0.3) is 0 Å². The number of nitrogens with zero attached hydrogens (tertiary/aromatic N) is 2. The van der Waals surface area contributed by atoms with Crippen molar-refractivity contribution in [2.75, 3.05) is 7.11 Å². The minimum absolute atomic E-state index is 0.208. The summed E-state index contributed by atoms with van der Waals surface area (Å²) in [5, 5.41) is 0.494. The van der Waals surface area contributed by atoms with Crippen molar-refractivity contribution in [1.29, 1.82) is 0 Å². The molecule has 2 aromatic rings. The maximum absolute atomic E-state index is 13.8. The third-order valence-electron chi connectivity index (χ3n) is 3.79. The molecule has 5 heteroatoms. The molecule has 0 spiro atoms. The van der Waals surface area contributed by atoms with Crippen molar-refractivity contribution in [1.82, 2.24) is 9.97 Å². The number of rotatable bonds is 2. The molecule has 0 N–H and O–H groups in total. The summed E-state index contributed by atoms with van der Waals surface area (Å²) >= 11 is 6.30. The molecule has 1 aromatic carbocycles. The van der Waals surface area contributed by atoms with Gasteiger partial charge in [-0.2, -0.15) is 0 Å². The maximum atomic E-state index is 13.8. The fourth-order valence-corrected chi connectivity index (χ4v) is 2.94. The molecule has 0 atom stereocenters. The van der Waals surface area contributed by atoms with Crippen LogP contribution >= 0.6 is 11.6 Å². The quantitative estimate of drug-likeness (QED) is 0.615. The SMILES string of the molecule is COc1ccc(-c2nc(Cl)c3c(n2)CCCCC3)cc1F. The molecule has 0 amide bonds. The van der Waals surface area contributed by atoms with Crippen LogP contribution in [-0.4, -0.2) is 17.1 Å². The number of ether oxygens (including phenoxy) is 1. The van der Waals surface area contributed by atoms with Crippen molar-refractivity contribution in [3.8, 4) is 17.1 Å². The maximum Gasteiger partial charge on any atom is 0.165 e. The molecule has 0 saturated carbocycles. The molecular weight excluding hydrogens is 291 g/mol. The van der Waals surface area contributed by atoms with Gasteiger partial charge in [0.2, 0.25) is 0 Å². The molecule has 0 fully saturated rings. The molecule has 3 nitrogen and oxygen atoms in total. The third kappa shape index (κ3) is 2.86. The van der Waals surface area contributed by atoms with Crippen LogP contribution < -0.4 is 4.74 Å². The second-order valence-electron chi connectivity index (χ2n) is 5.17. The summed E-state index contributed by atoms with van der Waals surface area (Å²) < 4.78 is 18.8. The van der Waals surface area contributed by atoms with Gasteiger partial charge >= 0.3 is 0 Å². The van der Waals surface area contributed by atoms with Crippen molar-refractivity contribution in [2.45, 2.75) is 32.1 Å². The number of fused-ring (bicyclic) bond motifs is 1. The van der Waals surface area contributed by atoms with E-state index < -0.39 is 5.82 Å². The average molecular weight is 307 g/mol. The molecule has 1 heterocycles. The molecule has 0 radical (unpaired) electrons. The number of halogens is 2. The lowest BCUT2D eigenvalue weighted by molar-refractivity contribution is 0.386. The first-order chi connectivity index (χ1) is 10.2. The summed E-state index contributed by atoms with van der Waals surface area (Å²) in [4.78, 5) is 8.94. The molecule has 0 aliphatic heterocycles. The van der Waals surface area contributed by atoms with Crippen LogP contribution in [0, 0.1) is 5.82 Å². The molecule has 0 unspecified atom stereocenters. The fourth-order valence-electron chi connectivity index (χ4n) is 2.66. The first-order valence-corrected chi connectivity index (χ1v) is 7.46. The smallest absolute Gasteiger partial charge is 0.165 e. The van der Waals surface area contributed by atoms with E-state index in [1.54, 1.807) is 12.1 Å². The second-order valence-corrected chi connectivity index (χ2v) is 5.53. The topological polar surface area (TPSA) is 35.0 Å². The summed E-state index contributed by atoms with van der Waals surface area (Å²) in [6, 6.07) is 4.71. The predicted octanol–water partition coefficient (Wildman–Crippen LogP) is 4.21. The van der Waals surface area contributed by atoms with Crippen LogP contribution in [-0.2, 0) is 12.8 Å². The van der Waals surface area contributed by atoms with Gasteiger partial charge in [0.1, 0.15) is 5.15 Å². The van der Waals surface area contributed by atoms with E-state index in [0.717, 1.165) is 36.9 Å². The van der Waals surface area contributed by atoms with Crippen LogP contribution in [0.1, 0.15) is 30.5 Å². The standard InChI is InChI=1S/C16H16ClFN2O/c1-21-14-8-7-10(9-12(14)18)16-19-13-6-4-2-3-5-11(13)15(17)20-16/h7-9H,2-6H2,1H3. The Labute approximate surface area is 128 Å². The number of aromatic nitrogens is 2. The Hall–Kier alpha value is -1.68. The third-order valence-corrected chi connectivity index (χ3v) is 4.11. The van der Waals surface area contributed by atoms with Gasteiger partial charge in [-0.3, -0.25) is 0 Å². The number of benzene rings is 1. The minimum Gasteiger partial charge on any atom is -0.494 e. The van der Waals surface area contributed by atoms with Crippen LogP contribution in [0.2, 0.25) is 5.15 Å². The van der Waals surface area contributed by atoms with Crippen LogP contribution in [0.5, 0.6) is 5.75 Å². The van der Waals surface area contributed by atoms with Crippen molar-refractivity contribution in [3.05, 3.63) is 40.4 Å². The summed E-state index contributed by atoms with van der Waals surface area (Å²) in [6.07, 6.45) is 5.23. The molecule has 1 aliphatic carbocycles. The Morgan fingerprint density at radius 1 is 1.14 bits per heavy atom. The van der Waals surface area contributed by atoms with Crippen molar-refractivity contribution >= 4 is 11.6 Å². The minimum atomic E-state index is -0.426. The summed E-state index contributed by atoms with van der Waals surface area (Å²) in [5.41, 5.74) is 2.66. The van der Waals surface area contributed by atoms with Crippen LogP contribution in [0.3, 0.4) is 0 Å². The normalized spacial score (nSPS) is 14.4. The van der Waals surface area contributed by atoms with E-state index >= 15 is 0 Å². The van der Waals surface area contributed by atoms with Crippen molar-refractivity contribution in [3.63, 3.8) is 0 Å². The summed E-state index contributed by atoms with van der Waals surface area (Å²) in [6.45, 7) is 0. The fraction of sp³-hybridized carbons (Fsp3) is 0.375. The highest BCUT2D eigenvalue weighted by atomic mass is 35.5. The predicted molar refractivity (Wildman–Crippen MR) is 80.2 cm³/mol. The average Bonchev–Trinajstić information content (AvgIpc) is 2.72. The Morgan fingerprint density at radius 2 is 1.95 bits per heavy atom. The number of methoxy groups -OCH3 is 1. The van der Waals surface area contributed by atoms with Crippen molar-refractivity contribution in [2.24, 2.45) is 0 Å². The van der Waals surface area contributed by atoms with Gasteiger partial charge in [-0.1, -0.05) is 18.0 Å². The molecule has 0 saturated heterocycles. The van der Waals surface area contributed by atoms with E-state index in [9.17, 15) is 4.39 Å². The Kier molecular flexibility index (Phi) is 4.06. The lowest BCUT2D eigenvalue weighted by Gasteiger charge is -2.10. The van der Waals surface area contributed by atoms with Gasteiger partial charge < -0.3 is 4.74 Å². The zero-order chi connectivity index (χ0) is 14.8. The zero-order valence-electron chi connectivity index (χ0n) is 11.8. The van der Waals surface area contributed by atoms with E-state index in [4.69, 9.17) is 16.3 Å². The Balaban J connectivity index is 2.05. The van der Waals surface area contributed by atoms with Crippen LogP contribution in [0.4, 0.5) is 4.39 Å². The number of hydrogen-bond acceptors (Lipinski definition) is 3. The summed E-state index contributed by atoms with van der Waals surface area (Å²) in [7, 11) is 1.44. The van der Waals surface area contributed by atoms with E-state index in [1.807, 2.05) is 0 Å². The van der Waals surface area contributed by atoms with Gasteiger partial charge in [-0.05, 0) is 43.9 Å². The first-order valence-electron chi connectivity index (χ1n) is 7.08. The molecule has 3 rings (SSSR count). The lowest BCUT2D eigenvalue weighted by Crippen LogP contribution is -2.02. The van der Waals surface area contributed by atoms with E-state index in [2.05, 4.69) is 9.97 Å². The van der Waals surface area contributed by atoms with Crippen molar-refractivity contribution < 1.29 is 9.13 Å². The molecular formula is C16H16ClFN2O. The Morgan fingerprint density at radius 3 is 2.71 bits per heavy atom. The highest BCUT2D eigenvalue weighted by Crippen LogP contribution is 2.29. The van der Waals surface area contributed by atoms with Gasteiger partial charge in [-0.15, -0.1) is 0 Å². The number of aryl methyl sites for hydroxylation is 1. The second kappa shape index (κ2) is 5.98.